The smallest absolute Gasteiger partial charge is 0.300 e. The molecule has 0 aliphatic carbocycles. The topological polar surface area (TPSA) is 79.7 Å². The minimum atomic E-state index is -0.805. The fourth-order valence-electron chi connectivity index (χ4n) is 4.32. The molecule has 0 bridgehead atoms. The van der Waals surface area contributed by atoms with Crippen molar-refractivity contribution in [1.29, 1.82) is 0 Å². The number of rotatable bonds is 5. The van der Waals surface area contributed by atoms with Gasteiger partial charge in [0.2, 0.25) is 0 Å². The maximum Gasteiger partial charge on any atom is 0.300 e. The van der Waals surface area contributed by atoms with Gasteiger partial charge in [0.15, 0.2) is 0 Å². The number of carbonyl (C=O) groups excluding carboxylic acids is 2. The van der Waals surface area contributed by atoms with E-state index in [1.165, 1.54) is 4.90 Å². The predicted octanol–water partition coefficient (Wildman–Crippen LogP) is 5.46. The average molecular weight is 457 g/mol. The van der Waals surface area contributed by atoms with Gasteiger partial charge in [-0.2, -0.15) is 0 Å². The minimum Gasteiger partial charge on any atom is -0.507 e. The summed E-state index contributed by atoms with van der Waals surface area (Å²) >= 11 is 0. The van der Waals surface area contributed by atoms with Crippen LogP contribution in [0.4, 0.5) is 5.69 Å². The Hall–Kier alpha value is -3.93. The number of benzene rings is 2. The molecule has 1 N–H and O–H groups in total. The van der Waals surface area contributed by atoms with Crippen molar-refractivity contribution in [1.82, 2.24) is 4.98 Å². The Morgan fingerprint density at radius 1 is 1.06 bits per heavy atom. The lowest BCUT2D eigenvalue weighted by Gasteiger charge is -2.26. The van der Waals surface area contributed by atoms with Crippen LogP contribution in [0.2, 0.25) is 0 Å². The van der Waals surface area contributed by atoms with Crippen molar-refractivity contribution in [3.8, 4) is 5.75 Å². The van der Waals surface area contributed by atoms with Gasteiger partial charge in [-0.05, 0) is 78.4 Å². The number of aliphatic hydroxyl groups is 1. The van der Waals surface area contributed by atoms with Gasteiger partial charge < -0.3 is 9.84 Å². The second kappa shape index (κ2) is 9.14. The largest absolute Gasteiger partial charge is 0.507 e. The third kappa shape index (κ3) is 3.96. The van der Waals surface area contributed by atoms with Crippen LogP contribution in [-0.2, 0) is 9.59 Å². The zero-order valence-corrected chi connectivity index (χ0v) is 20.0. The molecule has 1 atom stereocenters. The second-order valence-corrected chi connectivity index (χ2v) is 8.84. The summed E-state index contributed by atoms with van der Waals surface area (Å²) < 4.78 is 5.46. The van der Waals surface area contributed by atoms with Crippen molar-refractivity contribution in [2.45, 2.75) is 39.7 Å². The van der Waals surface area contributed by atoms with E-state index in [1.54, 1.807) is 43.8 Å². The predicted molar refractivity (Wildman–Crippen MR) is 132 cm³/mol. The van der Waals surface area contributed by atoms with E-state index in [2.05, 4.69) is 4.98 Å². The second-order valence-electron chi connectivity index (χ2n) is 8.84. The molecule has 174 valence electrons. The third-order valence-electron chi connectivity index (χ3n) is 6.34. The molecule has 34 heavy (non-hydrogen) atoms. The summed E-state index contributed by atoms with van der Waals surface area (Å²) in [7, 11) is 1.60. The van der Waals surface area contributed by atoms with Crippen molar-refractivity contribution in [3.05, 3.63) is 94.3 Å². The summed E-state index contributed by atoms with van der Waals surface area (Å²) in [5.41, 5.74) is 4.70. The normalized spacial score (nSPS) is 17.5. The van der Waals surface area contributed by atoms with Gasteiger partial charge in [-0.15, -0.1) is 0 Å². The third-order valence-corrected chi connectivity index (χ3v) is 6.34. The number of methoxy groups -OCH3 is 1. The summed E-state index contributed by atoms with van der Waals surface area (Å²) in [4.78, 5) is 32.3. The molecule has 3 aromatic rings. The first-order valence-corrected chi connectivity index (χ1v) is 11.2. The molecule has 1 aliphatic heterocycles. The van der Waals surface area contributed by atoms with Crippen LogP contribution in [0.25, 0.3) is 5.76 Å². The van der Waals surface area contributed by atoms with E-state index in [0.717, 1.165) is 16.7 Å². The van der Waals surface area contributed by atoms with E-state index < -0.39 is 17.7 Å². The van der Waals surface area contributed by atoms with Crippen molar-refractivity contribution >= 4 is 23.1 Å². The zero-order valence-electron chi connectivity index (χ0n) is 20.0. The van der Waals surface area contributed by atoms with Gasteiger partial charge in [-0.3, -0.25) is 19.5 Å². The van der Waals surface area contributed by atoms with Gasteiger partial charge in [0.05, 0.1) is 18.7 Å². The number of Topliss-reactive ketones (excluding diaryl/α,β-unsaturated/α-hetero) is 1. The number of ketones is 1. The lowest BCUT2D eigenvalue weighted by Crippen LogP contribution is -2.29. The fourth-order valence-corrected chi connectivity index (χ4v) is 4.32. The van der Waals surface area contributed by atoms with E-state index in [-0.39, 0.29) is 17.3 Å². The summed E-state index contributed by atoms with van der Waals surface area (Å²) in [5, 5.41) is 11.4. The molecule has 6 heteroatoms. The highest BCUT2D eigenvalue weighted by molar-refractivity contribution is 6.51. The first kappa shape index (κ1) is 23.2. The van der Waals surface area contributed by atoms with Crippen LogP contribution in [0, 0.1) is 13.8 Å². The molecular weight excluding hydrogens is 428 g/mol. The van der Waals surface area contributed by atoms with Crippen LogP contribution in [-0.4, -0.2) is 28.9 Å². The highest BCUT2D eigenvalue weighted by Crippen LogP contribution is 2.43. The highest BCUT2D eigenvalue weighted by Gasteiger charge is 2.47. The molecule has 1 amide bonds. The average Bonchev–Trinajstić information content (AvgIpc) is 3.11. The summed E-state index contributed by atoms with van der Waals surface area (Å²) in [5.74, 6) is -0.799. The Morgan fingerprint density at radius 2 is 1.82 bits per heavy atom. The number of aliphatic hydroxyl groups excluding tert-OH is 1. The van der Waals surface area contributed by atoms with E-state index in [4.69, 9.17) is 4.74 Å². The number of pyridine rings is 1. The van der Waals surface area contributed by atoms with Crippen molar-refractivity contribution in [3.63, 3.8) is 0 Å². The Bertz CT molecular complexity index is 1300. The van der Waals surface area contributed by atoms with E-state index >= 15 is 0 Å². The highest BCUT2D eigenvalue weighted by atomic mass is 16.5. The van der Waals surface area contributed by atoms with Crippen molar-refractivity contribution in [2.24, 2.45) is 0 Å². The van der Waals surface area contributed by atoms with E-state index in [1.807, 2.05) is 52.0 Å². The molecule has 1 aromatic heterocycles. The Morgan fingerprint density at radius 3 is 2.44 bits per heavy atom. The first-order chi connectivity index (χ1) is 16.2. The number of aromatic nitrogens is 1. The van der Waals surface area contributed by atoms with Crippen molar-refractivity contribution in [2.75, 3.05) is 12.0 Å². The van der Waals surface area contributed by atoms with Crippen LogP contribution in [0.3, 0.4) is 0 Å². The SMILES string of the molecule is COc1ccc(/C(O)=C2/C(=O)C(=O)N(c3ccc(C)c(C)c3)C2c2cccnc2)cc1C(C)C. The molecule has 2 heterocycles. The Balaban J connectivity index is 1.94. The zero-order chi connectivity index (χ0) is 24.6. The number of hydrogen-bond acceptors (Lipinski definition) is 5. The van der Waals surface area contributed by atoms with Crippen LogP contribution < -0.4 is 9.64 Å². The van der Waals surface area contributed by atoms with E-state index in [0.29, 0.717) is 22.6 Å². The molecule has 1 unspecified atom stereocenters. The molecule has 2 aromatic carbocycles. The quantitative estimate of drug-likeness (QED) is 0.313. The van der Waals surface area contributed by atoms with Gasteiger partial charge in [0.25, 0.3) is 11.7 Å². The van der Waals surface area contributed by atoms with Crippen molar-refractivity contribution < 1.29 is 19.4 Å². The molecule has 1 saturated heterocycles. The van der Waals surface area contributed by atoms with Gasteiger partial charge in [0.1, 0.15) is 11.5 Å². The summed E-state index contributed by atoms with van der Waals surface area (Å²) in [6.07, 6.45) is 3.25. The van der Waals surface area contributed by atoms with Gasteiger partial charge in [-0.1, -0.05) is 26.0 Å². The monoisotopic (exact) mass is 456 g/mol. The number of carbonyl (C=O) groups is 2. The number of anilines is 1. The fraction of sp³-hybridized carbons (Fsp3) is 0.250. The summed E-state index contributed by atoms with van der Waals surface area (Å²) in [6, 6.07) is 13.6. The molecule has 0 radical (unpaired) electrons. The van der Waals surface area contributed by atoms with Gasteiger partial charge in [0, 0.05) is 23.6 Å². The van der Waals surface area contributed by atoms with Crippen LogP contribution >= 0.6 is 0 Å². The first-order valence-electron chi connectivity index (χ1n) is 11.2. The Kier molecular flexibility index (Phi) is 6.24. The molecule has 1 fully saturated rings. The van der Waals surface area contributed by atoms with Crippen LogP contribution in [0.5, 0.6) is 5.75 Å². The molecule has 0 saturated carbocycles. The lowest BCUT2D eigenvalue weighted by atomic mass is 9.93. The standard InChI is InChI=1S/C28H28N2O4/c1-16(2)22-14-19(9-11-23(22)34-5)26(31)24-25(20-7-6-12-29-15-20)30(28(33)27(24)32)21-10-8-17(3)18(4)13-21/h6-16,25,31H,1-5H3/b26-24-. The molecule has 0 spiro atoms. The number of hydrogen-bond donors (Lipinski definition) is 1. The van der Waals surface area contributed by atoms with Gasteiger partial charge in [-0.25, -0.2) is 0 Å². The van der Waals surface area contributed by atoms with Crippen LogP contribution in [0.1, 0.15) is 53.6 Å². The molecule has 4 rings (SSSR count). The van der Waals surface area contributed by atoms with E-state index in [9.17, 15) is 14.7 Å². The molecular formula is C28H28N2O4. The number of ether oxygens (including phenoxy) is 1. The van der Waals surface area contributed by atoms with Gasteiger partial charge >= 0.3 is 0 Å². The molecule has 1 aliphatic rings. The number of amides is 1. The Labute approximate surface area is 199 Å². The lowest BCUT2D eigenvalue weighted by molar-refractivity contribution is -0.132. The minimum absolute atomic E-state index is 0.0381. The number of nitrogens with zero attached hydrogens (tertiary/aromatic N) is 2. The molecule has 6 nitrogen and oxygen atoms in total. The number of aryl methyl sites for hydroxylation is 2. The summed E-state index contributed by atoms with van der Waals surface area (Å²) in [6.45, 7) is 7.99. The maximum absolute atomic E-state index is 13.3. The maximum atomic E-state index is 13.3. The van der Waals surface area contributed by atoms with Crippen LogP contribution in [0.15, 0.2) is 66.5 Å².